The van der Waals surface area contributed by atoms with Crippen LogP contribution in [0.1, 0.15) is 35.3 Å². The van der Waals surface area contributed by atoms with Gasteiger partial charge in [-0.05, 0) is 19.4 Å². The smallest absolute Gasteiger partial charge is 0.355 e. The molecule has 0 aliphatic carbocycles. The van der Waals surface area contributed by atoms with Crippen molar-refractivity contribution in [2.75, 3.05) is 19.6 Å². The molecular formula is C13H19N3O3S. The molecule has 1 aromatic heterocycles. The molecule has 7 heteroatoms. The first kappa shape index (κ1) is 14.9. The van der Waals surface area contributed by atoms with Gasteiger partial charge in [-0.2, -0.15) is 0 Å². The Kier molecular flexibility index (Phi) is 4.72. The van der Waals surface area contributed by atoms with Gasteiger partial charge in [0.15, 0.2) is 5.69 Å². The van der Waals surface area contributed by atoms with Crippen molar-refractivity contribution in [2.45, 2.75) is 26.2 Å². The van der Waals surface area contributed by atoms with Crippen LogP contribution in [0, 0.1) is 5.41 Å². The van der Waals surface area contributed by atoms with Crippen LogP contribution in [0.5, 0.6) is 0 Å². The van der Waals surface area contributed by atoms with Gasteiger partial charge in [0.1, 0.15) is 0 Å². The Morgan fingerprint density at radius 3 is 2.95 bits per heavy atom. The van der Waals surface area contributed by atoms with E-state index in [0.29, 0.717) is 13.0 Å². The number of nitrogens with one attached hydrogen (secondary N) is 2. The third-order valence-corrected chi connectivity index (χ3v) is 4.71. The van der Waals surface area contributed by atoms with Gasteiger partial charge >= 0.3 is 5.97 Å². The summed E-state index contributed by atoms with van der Waals surface area (Å²) in [6.07, 6.45) is 2.26. The number of thiazole rings is 1. The first-order valence-electron chi connectivity index (χ1n) is 6.74. The Morgan fingerprint density at radius 1 is 1.60 bits per heavy atom. The number of nitrogens with zero attached hydrogens (tertiary/aromatic N) is 1. The van der Waals surface area contributed by atoms with Gasteiger partial charge in [-0.3, -0.25) is 4.79 Å². The summed E-state index contributed by atoms with van der Waals surface area (Å²) in [4.78, 5) is 27.0. The summed E-state index contributed by atoms with van der Waals surface area (Å²) in [5.41, 5.74) is -0.212. The van der Waals surface area contributed by atoms with E-state index in [1.54, 1.807) is 0 Å². The van der Waals surface area contributed by atoms with Crippen LogP contribution in [0.2, 0.25) is 0 Å². The van der Waals surface area contributed by atoms with Crippen molar-refractivity contribution in [1.82, 2.24) is 15.6 Å². The summed E-state index contributed by atoms with van der Waals surface area (Å²) >= 11 is 1.31. The molecule has 110 valence electrons. The summed E-state index contributed by atoms with van der Waals surface area (Å²) < 4.78 is 0. The molecule has 1 amide bonds. The molecule has 1 atom stereocenters. The third kappa shape index (κ3) is 3.16. The number of hydrogen-bond acceptors (Lipinski definition) is 5. The molecule has 0 bridgehead atoms. The van der Waals surface area contributed by atoms with Crippen LogP contribution in [0.3, 0.4) is 0 Å². The third-order valence-electron chi connectivity index (χ3n) is 3.80. The van der Waals surface area contributed by atoms with Gasteiger partial charge in [0.25, 0.3) is 0 Å². The predicted molar refractivity (Wildman–Crippen MR) is 76.0 cm³/mol. The minimum atomic E-state index is -1.02. The first-order chi connectivity index (χ1) is 9.57. The molecule has 1 aliphatic rings. The van der Waals surface area contributed by atoms with Crippen molar-refractivity contribution in [3.8, 4) is 0 Å². The lowest BCUT2D eigenvalue weighted by molar-refractivity contribution is -0.130. The number of hydrogen-bond donors (Lipinski definition) is 3. The highest BCUT2D eigenvalue weighted by Crippen LogP contribution is 2.29. The quantitative estimate of drug-likeness (QED) is 0.725. The van der Waals surface area contributed by atoms with Crippen molar-refractivity contribution >= 4 is 23.2 Å². The molecule has 0 spiro atoms. The highest BCUT2D eigenvalue weighted by Gasteiger charge is 2.39. The molecule has 3 N–H and O–H groups in total. The zero-order valence-corrected chi connectivity index (χ0v) is 12.3. The molecule has 2 heterocycles. The van der Waals surface area contributed by atoms with Gasteiger partial charge in [0.05, 0.1) is 10.4 Å². The van der Waals surface area contributed by atoms with Gasteiger partial charge in [0, 0.05) is 24.9 Å². The molecule has 0 radical (unpaired) electrons. The maximum Gasteiger partial charge on any atom is 0.355 e. The van der Waals surface area contributed by atoms with Crippen LogP contribution in [0.25, 0.3) is 0 Å². The zero-order valence-electron chi connectivity index (χ0n) is 11.4. The Bertz CT molecular complexity index is 495. The summed E-state index contributed by atoms with van der Waals surface area (Å²) in [7, 11) is 0. The molecule has 1 saturated heterocycles. The monoisotopic (exact) mass is 297 g/mol. The average Bonchev–Trinajstić information content (AvgIpc) is 3.08. The topological polar surface area (TPSA) is 91.3 Å². The SMILES string of the molecule is CCC1(C(=O)NCCc2nc(C(=O)O)cs2)CCNC1. The van der Waals surface area contributed by atoms with Crippen molar-refractivity contribution in [3.63, 3.8) is 0 Å². The zero-order chi connectivity index (χ0) is 14.6. The van der Waals surface area contributed by atoms with Crippen LogP contribution in [-0.2, 0) is 11.2 Å². The summed E-state index contributed by atoms with van der Waals surface area (Å²) in [6, 6.07) is 0. The van der Waals surface area contributed by atoms with E-state index in [4.69, 9.17) is 5.11 Å². The summed E-state index contributed by atoms with van der Waals surface area (Å²) in [5.74, 6) is -0.932. The van der Waals surface area contributed by atoms with E-state index < -0.39 is 5.97 Å². The van der Waals surface area contributed by atoms with Gasteiger partial charge in [-0.25, -0.2) is 9.78 Å². The Morgan fingerprint density at radius 2 is 2.40 bits per heavy atom. The number of rotatable bonds is 6. The van der Waals surface area contributed by atoms with Gasteiger partial charge in [-0.15, -0.1) is 11.3 Å². The molecule has 0 aromatic carbocycles. The number of carboxylic acids is 1. The minimum absolute atomic E-state index is 0.0707. The second-order valence-electron chi connectivity index (χ2n) is 5.00. The number of carbonyl (C=O) groups is 2. The first-order valence-corrected chi connectivity index (χ1v) is 7.62. The van der Waals surface area contributed by atoms with E-state index >= 15 is 0 Å². The largest absolute Gasteiger partial charge is 0.476 e. The minimum Gasteiger partial charge on any atom is -0.476 e. The second kappa shape index (κ2) is 6.32. The maximum absolute atomic E-state index is 12.2. The normalized spacial score (nSPS) is 21.9. The van der Waals surface area contributed by atoms with Crippen LogP contribution in [-0.4, -0.2) is 41.6 Å². The van der Waals surface area contributed by atoms with Crippen LogP contribution >= 0.6 is 11.3 Å². The lowest BCUT2D eigenvalue weighted by Crippen LogP contribution is -2.42. The van der Waals surface area contributed by atoms with Gasteiger partial charge in [-0.1, -0.05) is 6.92 Å². The molecule has 1 aliphatic heterocycles. The van der Waals surface area contributed by atoms with Gasteiger partial charge < -0.3 is 15.7 Å². The fourth-order valence-corrected chi connectivity index (χ4v) is 3.17. The van der Waals surface area contributed by atoms with Crippen molar-refractivity contribution in [3.05, 3.63) is 16.1 Å². The van der Waals surface area contributed by atoms with E-state index in [2.05, 4.69) is 15.6 Å². The van der Waals surface area contributed by atoms with Crippen molar-refractivity contribution < 1.29 is 14.7 Å². The van der Waals surface area contributed by atoms with Crippen LogP contribution in [0.15, 0.2) is 5.38 Å². The number of carboxylic acid groups (broad SMARTS) is 1. The maximum atomic E-state index is 12.2. The standard InChI is InChI=1S/C13H19N3O3S/c1-2-13(4-6-14-8-13)12(19)15-5-3-10-16-9(7-20-10)11(17)18/h7,14H,2-6,8H2,1H3,(H,15,19)(H,17,18). The molecule has 1 aromatic rings. The van der Waals surface area contributed by atoms with E-state index in [9.17, 15) is 9.59 Å². The highest BCUT2D eigenvalue weighted by molar-refractivity contribution is 7.09. The Balaban J connectivity index is 1.83. The van der Waals surface area contributed by atoms with E-state index in [1.165, 1.54) is 16.7 Å². The molecule has 1 unspecified atom stereocenters. The number of carbonyl (C=O) groups excluding carboxylic acids is 1. The Labute approximate surface area is 121 Å². The fraction of sp³-hybridized carbons (Fsp3) is 0.615. The van der Waals surface area contributed by atoms with E-state index in [0.717, 1.165) is 30.9 Å². The van der Waals surface area contributed by atoms with Crippen LogP contribution < -0.4 is 10.6 Å². The highest BCUT2D eigenvalue weighted by atomic mass is 32.1. The molecule has 20 heavy (non-hydrogen) atoms. The summed E-state index contributed by atoms with van der Waals surface area (Å²) in [5, 5.41) is 17.2. The van der Waals surface area contributed by atoms with Crippen LogP contribution in [0.4, 0.5) is 0 Å². The second-order valence-corrected chi connectivity index (χ2v) is 5.94. The van der Waals surface area contributed by atoms with Crippen molar-refractivity contribution in [2.24, 2.45) is 5.41 Å². The molecule has 2 rings (SSSR count). The summed E-state index contributed by atoms with van der Waals surface area (Å²) in [6.45, 7) is 4.14. The van der Waals surface area contributed by atoms with E-state index in [1.807, 2.05) is 6.92 Å². The predicted octanol–water partition coefficient (Wildman–Crippen LogP) is 0.890. The van der Waals surface area contributed by atoms with E-state index in [-0.39, 0.29) is 17.0 Å². The molecule has 0 saturated carbocycles. The number of amides is 1. The number of aromatic carboxylic acids is 1. The molecular weight excluding hydrogens is 278 g/mol. The average molecular weight is 297 g/mol. The number of aromatic nitrogens is 1. The fourth-order valence-electron chi connectivity index (χ4n) is 2.39. The van der Waals surface area contributed by atoms with Crippen molar-refractivity contribution in [1.29, 1.82) is 0 Å². The molecule has 1 fully saturated rings. The van der Waals surface area contributed by atoms with Gasteiger partial charge in [0.2, 0.25) is 5.91 Å². The lowest BCUT2D eigenvalue weighted by atomic mass is 9.83. The lowest BCUT2D eigenvalue weighted by Gasteiger charge is -2.25. The molecule has 6 nitrogen and oxygen atoms in total. The Hall–Kier alpha value is -1.47.